The maximum absolute atomic E-state index is 13.4. The third-order valence-electron chi connectivity index (χ3n) is 3.16. The minimum atomic E-state index is -0.902. The lowest BCUT2D eigenvalue weighted by atomic mass is 9.96. The van der Waals surface area contributed by atoms with Crippen LogP contribution in [0.5, 0.6) is 11.5 Å². The van der Waals surface area contributed by atoms with Gasteiger partial charge in [0.1, 0.15) is 0 Å². The summed E-state index contributed by atoms with van der Waals surface area (Å²) in [5.74, 6) is -1.32. The highest BCUT2D eigenvalue weighted by Crippen LogP contribution is 2.33. The first kappa shape index (κ1) is 11.2. The van der Waals surface area contributed by atoms with Crippen LogP contribution in [-0.4, -0.2) is 23.3 Å². The molecule has 0 amide bonds. The van der Waals surface area contributed by atoms with E-state index in [9.17, 15) is 14.6 Å². The van der Waals surface area contributed by atoms with Crippen molar-refractivity contribution in [3.63, 3.8) is 0 Å². The number of hydrogen-bond donors (Lipinski definition) is 3. The molecule has 1 aromatic carbocycles. The third-order valence-corrected chi connectivity index (χ3v) is 3.16. The largest absolute Gasteiger partial charge is 0.505 e. The van der Waals surface area contributed by atoms with Gasteiger partial charge in [-0.15, -0.1) is 0 Å². The van der Waals surface area contributed by atoms with Gasteiger partial charge in [-0.3, -0.25) is 0 Å². The second-order valence-corrected chi connectivity index (χ2v) is 4.43. The summed E-state index contributed by atoms with van der Waals surface area (Å²) in [5.41, 5.74) is 1.05. The maximum Gasteiger partial charge on any atom is 0.206 e. The molecule has 1 atom stereocenters. The average Bonchev–Trinajstić information content (AvgIpc) is 2.76. The van der Waals surface area contributed by atoms with Crippen LogP contribution in [-0.2, 0) is 6.42 Å². The Morgan fingerprint density at radius 1 is 1.44 bits per heavy atom. The van der Waals surface area contributed by atoms with Gasteiger partial charge in [0.15, 0.2) is 11.5 Å². The number of rotatable bonds is 2. The number of halogens is 1. The van der Waals surface area contributed by atoms with Gasteiger partial charge >= 0.3 is 0 Å². The SMILES string of the molecule is Cc1cc(CC2CCNC2)c(O)c(F)c1O. The Balaban J connectivity index is 2.26. The highest BCUT2D eigenvalue weighted by atomic mass is 19.1. The lowest BCUT2D eigenvalue weighted by Gasteiger charge is -2.12. The first-order valence-electron chi connectivity index (χ1n) is 5.50. The Morgan fingerprint density at radius 3 is 2.81 bits per heavy atom. The van der Waals surface area contributed by atoms with Crippen LogP contribution >= 0.6 is 0 Å². The number of phenols is 2. The zero-order valence-electron chi connectivity index (χ0n) is 9.26. The molecular formula is C12H16FNO2. The molecular weight excluding hydrogens is 209 g/mol. The zero-order valence-corrected chi connectivity index (χ0v) is 9.26. The van der Waals surface area contributed by atoms with Crippen molar-refractivity contribution in [3.8, 4) is 11.5 Å². The van der Waals surface area contributed by atoms with Gasteiger partial charge in [0.2, 0.25) is 5.82 Å². The Kier molecular flexibility index (Phi) is 3.01. The summed E-state index contributed by atoms with van der Waals surface area (Å²) in [6.45, 7) is 3.51. The molecule has 16 heavy (non-hydrogen) atoms. The van der Waals surface area contributed by atoms with Crippen LogP contribution in [0.4, 0.5) is 4.39 Å². The molecule has 0 saturated carbocycles. The fourth-order valence-corrected chi connectivity index (χ4v) is 2.18. The van der Waals surface area contributed by atoms with Gasteiger partial charge in [-0.05, 0) is 56.0 Å². The van der Waals surface area contributed by atoms with Crippen molar-refractivity contribution in [2.75, 3.05) is 13.1 Å². The fourth-order valence-electron chi connectivity index (χ4n) is 2.18. The molecule has 1 aliphatic rings. The zero-order chi connectivity index (χ0) is 11.7. The lowest BCUT2D eigenvalue weighted by molar-refractivity contribution is 0.380. The summed E-state index contributed by atoms with van der Waals surface area (Å²) < 4.78 is 13.4. The number of aryl methyl sites for hydroxylation is 1. The van der Waals surface area contributed by atoms with Crippen LogP contribution in [0, 0.1) is 18.7 Å². The van der Waals surface area contributed by atoms with Gasteiger partial charge in [0.05, 0.1) is 0 Å². The van der Waals surface area contributed by atoms with E-state index in [0.717, 1.165) is 19.5 Å². The molecule has 0 radical (unpaired) electrons. The van der Waals surface area contributed by atoms with Crippen molar-refractivity contribution < 1.29 is 14.6 Å². The van der Waals surface area contributed by atoms with Crippen molar-refractivity contribution in [1.82, 2.24) is 5.32 Å². The van der Waals surface area contributed by atoms with Gasteiger partial charge in [-0.25, -0.2) is 0 Å². The summed E-state index contributed by atoms with van der Waals surface area (Å²) >= 11 is 0. The maximum atomic E-state index is 13.4. The number of hydrogen-bond acceptors (Lipinski definition) is 3. The Labute approximate surface area is 93.9 Å². The van der Waals surface area contributed by atoms with Gasteiger partial charge in [0.25, 0.3) is 0 Å². The van der Waals surface area contributed by atoms with E-state index in [1.807, 2.05) is 0 Å². The Morgan fingerprint density at radius 2 is 2.19 bits per heavy atom. The number of phenolic OH excluding ortho intramolecular Hbond substituents is 2. The molecule has 1 aliphatic heterocycles. The van der Waals surface area contributed by atoms with Gasteiger partial charge < -0.3 is 15.5 Å². The minimum absolute atomic E-state index is 0.407. The van der Waals surface area contributed by atoms with E-state index >= 15 is 0 Å². The summed E-state index contributed by atoms with van der Waals surface area (Å²) in [6, 6.07) is 1.66. The van der Waals surface area contributed by atoms with Crippen LogP contribution in [0.25, 0.3) is 0 Å². The first-order valence-corrected chi connectivity index (χ1v) is 5.50. The molecule has 1 aromatic rings. The molecule has 1 fully saturated rings. The molecule has 0 bridgehead atoms. The van der Waals surface area contributed by atoms with E-state index < -0.39 is 17.3 Å². The van der Waals surface area contributed by atoms with Crippen molar-refractivity contribution >= 4 is 0 Å². The Bertz CT molecular complexity index is 400. The quantitative estimate of drug-likeness (QED) is 0.718. The highest BCUT2D eigenvalue weighted by molar-refractivity contribution is 5.46. The minimum Gasteiger partial charge on any atom is -0.505 e. The van der Waals surface area contributed by atoms with E-state index in [4.69, 9.17) is 0 Å². The molecule has 0 aliphatic carbocycles. The van der Waals surface area contributed by atoms with Crippen molar-refractivity contribution in [2.45, 2.75) is 19.8 Å². The van der Waals surface area contributed by atoms with Gasteiger partial charge in [-0.2, -0.15) is 4.39 Å². The lowest BCUT2D eigenvalue weighted by Crippen LogP contribution is -2.11. The van der Waals surface area contributed by atoms with Crippen molar-refractivity contribution in [1.29, 1.82) is 0 Å². The number of nitrogens with one attached hydrogen (secondary N) is 1. The molecule has 0 aromatic heterocycles. The highest BCUT2D eigenvalue weighted by Gasteiger charge is 2.20. The summed E-state index contributed by atoms with van der Waals surface area (Å²) in [6.07, 6.45) is 1.69. The van der Waals surface area contributed by atoms with E-state index in [2.05, 4.69) is 5.32 Å². The fraction of sp³-hybridized carbons (Fsp3) is 0.500. The summed E-state index contributed by atoms with van der Waals surface area (Å²) in [5, 5.41) is 22.2. The second-order valence-electron chi connectivity index (χ2n) is 4.43. The average molecular weight is 225 g/mol. The predicted octanol–water partition coefficient (Wildman–Crippen LogP) is 1.70. The van der Waals surface area contributed by atoms with Crippen LogP contribution in [0.3, 0.4) is 0 Å². The molecule has 3 N–H and O–H groups in total. The molecule has 4 heteroatoms. The number of aromatic hydroxyl groups is 2. The molecule has 88 valence electrons. The molecule has 1 saturated heterocycles. The topological polar surface area (TPSA) is 52.5 Å². The van der Waals surface area contributed by atoms with Crippen molar-refractivity contribution in [3.05, 3.63) is 23.0 Å². The molecule has 3 nitrogen and oxygen atoms in total. The van der Waals surface area contributed by atoms with Crippen LogP contribution < -0.4 is 5.32 Å². The molecule has 0 spiro atoms. The van der Waals surface area contributed by atoms with E-state index in [1.54, 1.807) is 13.0 Å². The van der Waals surface area contributed by atoms with E-state index in [1.165, 1.54) is 0 Å². The molecule has 1 heterocycles. The van der Waals surface area contributed by atoms with E-state index in [0.29, 0.717) is 23.5 Å². The predicted molar refractivity (Wildman–Crippen MR) is 59.1 cm³/mol. The van der Waals surface area contributed by atoms with E-state index in [-0.39, 0.29) is 0 Å². The first-order chi connectivity index (χ1) is 7.59. The number of benzene rings is 1. The molecule has 2 rings (SSSR count). The second kappa shape index (κ2) is 4.29. The Hall–Kier alpha value is -1.29. The smallest absolute Gasteiger partial charge is 0.206 e. The standard InChI is InChI=1S/C12H16FNO2/c1-7-4-9(5-8-2-3-14-6-8)12(16)10(13)11(7)15/h4,8,14-16H,2-3,5-6H2,1H3. The van der Waals surface area contributed by atoms with Crippen LogP contribution in [0.15, 0.2) is 6.07 Å². The van der Waals surface area contributed by atoms with Gasteiger partial charge in [0, 0.05) is 0 Å². The van der Waals surface area contributed by atoms with Gasteiger partial charge in [-0.1, -0.05) is 0 Å². The summed E-state index contributed by atoms with van der Waals surface area (Å²) in [7, 11) is 0. The van der Waals surface area contributed by atoms with Crippen LogP contribution in [0.1, 0.15) is 17.5 Å². The van der Waals surface area contributed by atoms with Crippen molar-refractivity contribution in [2.24, 2.45) is 5.92 Å². The summed E-state index contributed by atoms with van der Waals surface area (Å²) in [4.78, 5) is 0. The normalized spacial score (nSPS) is 20.2. The third kappa shape index (κ3) is 1.97. The van der Waals surface area contributed by atoms with Crippen LogP contribution in [0.2, 0.25) is 0 Å². The monoisotopic (exact) mass is 225 g/mol. The molecule has 1 unspecified atom stereocenters.